The van der Waals surface area contributed by atoms with Crippen molar-refractivity contribution < 1.29 is 19.4 Å². The molecule has 0 radical (unpaired) electrons. The summed E-state index contributed by atoms with van der Waals surface area (Å²) in [5.41, 5.74) is 0.302. The minimum Gasteiger partial charge on any atom is -0.477 e. The van der Waals surface area contributed by atoms with Crippen molar-refractivity contribution in [3.8, 4) is 17.0 Å². The first kappa shape index (κ1) is 31.0. The molecule has 42 heavy (non-hydrogen) atoms. The van der Waals surface area contributed by atoms with Crippen LogP contribution in [0.2, 0.25) is 0 Å². The van der Waals surface area contributed by atoms with Gasteiger partial charge in [-0.3, -0.25) is 9.69 Å². The van der Waals surface area contributed by atoms with Gasteiger partial charge in [-0.1, -0.05) is 18.8 Å². The van der Waals surface area contributed by atoms with E-state index in [0.717, 1.165) is 76.8 Å². The molecule has 0 unspecified atom stereocenters. The predicted octanol–water partition coefficient (Wildman–Crippen LogP) is 6.84. The summed E-state index contributed by atoms with van der Waals surface area (Å²) < 4.78 is 10.8. The number of hydrogen-bond donors (Lipinski definition) is 1. The number of anilines is 1. The molecule has 3 aliphatic rings. The van der Waals surface area contributed by atoms with Gasteiger partial charge in [-0.15, -0.1) is 11.3 Å². The lowest BCUT2D eigenvalue weighted by molar-refractivity contribution is -0.124. The standard InChI is InChI=1S/C32H44N4O4S2/c1-21-7-9-22(10-8-21)29(37)36(26-19-25(15-16-32(2,3)4)41-28(26)30(38)39)23-11-13-24(14-12-23)40-31-33-27(34-42-31)20-35-17-5-6-18-35/h19,21-24H,5-14,17-18,20H2,1-4H3,(H,38,39). The normalized spacial score (nSPS) is 25.0. The second kappa shape index (κ2) is 13.4. The largest absolute Gasteiger partial charge is 0.477 e. The highest BCUT2D eigenvalue weighted by molar-refractivity contribution is 7.15. The zero-order valence-electron chi connectivity index (χ0n) is 25.4. The summed E-state index contributed by atoms with van der Waals surface area (Å²) in [6.45, 7) is 11.3. The van der Waals surface area contributed by atoms with Gasteiger partial charge >= 0.3 is 5.97 Å². The number of carboxylic acids is 1. The van der Waals surface area contributed by atoms with Crippen LogP contribution in [0.5, 0.6) is 5.19 Å². The molecule has 8 nitrogen and oxygen atoms in total. The quantitative estimate of drug-likeness (QED) is 0.326. The van der Waals surface area contributed by atoms with Crippen LogP contribution in [0.4, 0.5) is 5.69 Å². The lowest BCUT2D eigenvalue weighted by Crippen LogP contribution is -2.47. The lowest BCUT2D eigenvalue weighted by atomic mass is 9.81. The molecule has 0 spiro atoms. The summed E-state index contributed by atoms with van der Waals surface area (Å²) in [7, 11) is 0. The van der Waals surface area contributed by atoms with E-state index in [9.17, 15) is 14.7 Å². The second-order valence-electron chi connectivity index (χ2n) is 13.3. The maximum atomic E-state index is 14.2. The van der Waals surface area contributed by atoms with Gasteiger partial charge < -0.3 is 14.7 Å². The molecule has 10 heteroatoms. The molecule has 2 aliphatic carbocycles. The number of carboxylic acid groups (broad SMARTS) is 1. The number of ether oxygens (including phenoxy) is 1. The fraction of sp³-hybridized carbons (Fsp3) is 0.688. The molecule has 0 bridgehead atoms. The summed E-state index contributed by atoms with van der Waals surface area (Å²) in [6, 6.07) is 1.76. The van der Waals surface area contributed by atoms with Crippen LogP contribution in [0.3, 0.4) is 0 Å². The van der Waals surface area contributed by atoms with Gasteiger partial charge in [0.1, 0.15) is 11.0 Å². The number of nitrogens with zero attached hydrogens (tertiary/aromatic N) is 4. The SMILES string of the molecule is CC1CCC(C(=O)N(c2cc(C#CC(C)(C)C)sc2C(=O)O)C2CCC(Oc3nc(CN4CCCC4)ns3)CC2)CC1. The van der Waals surface area contributed by atoms with Crippen molar-refractivity contribution in [3.05, 3.63) is 21.6 Å². The molecule has 5 rings (SSSR count). The summed E-state index contributed by atoms with van der Waals surface area (Å²) in [5, 5.41) is 10.8. The van der Waals surface area contributed by atoms with Crippen molar-refractivity contribution in [2.45, 2.75) is 111 Å². The van der Waals surface area contributed by atoms with Gasteiger partial charge in [-0.05, 0) is 110 Å². The minimum absolute atomic E-state index is 0.0101. The number of aromatic carboxylic acids is 1. The Morgan fingerprint density at radius 1 is 1.10 bits per heavy atom. The number of rotatable bonds is 8. The summed E-state index contributed by atoms with van der Waals surface area (Å²) in [5.74, 6) is 6.83. The maximum Gasteiger partial charge on any atom is 0.348 e. The Hall–Kier alpha value is -2.48. The Balaban J connectivity index is 1.32. The van der Waals surface area contributed by atoms with Gasteiger partial charge in [0.15, 0.2) is 5.82 Å². The smallest absolute Gasteiger partial charge is 0.348 e. The Bertz CT molecular complexity index is 1300. The molecule has 3 fully saturated rings. The first-order chi connectivity index (χ1) is 20.1. The number of likely N-dealkylation sites (tertiary alicyclic amines) is 1. The van der Waals surface area contributed by atoms with Crippen molar-refractivity contribution in [2.75, 3.05) is 18.0 Å². The maximum absolute atomic E-state index is 14.2. The van der Waals surface area contributed by atoms with Crippen LogP contribution in [-0.4, -0.2) is 56.5 Å². The lowest BCUT2D eigenvalue weighted by Gasteiger charge is -2.39. The van der Waals surface area contributed by atoms with Crippen LogP contribution in [0, 0.1) is 29.1 Å². The molecule has 0 aromatic carbocycles. The van der Waals surface area contributed by atoms with Gasteiger partial charge in [0.2, 0.25) is 5.91 Å². The molecule has 1 saturated heterocycles. The van der Waals surface area contributed by atoms with E-state index in [0.29, 0.717) is 21.7 Å². The third-order valence-electron chi connectivity index (χ3n) is 8.62. The summed E-state index contributed by atoms with van der Waals surface area (Å²) >= 11 is 2.49. The highest BCUT2D eigenvalue weighted by Gasteiger charge is 2.38. The summed E-state index contributed by atoms with van der Waals surface area (Å²) in [6.07, 6.45) is 9.31. The van der Waals surface area contributed by atoms with Gasteiger partial charge in [-0.2, -0.15) is 9.36 Å². The molecule has 228 valence electrons. The number of hydrogen-bond acceptors (Lipinski definition) is 8. The highest BCUT2D eigenvalue weighted by Crippen LogP contribution is 2.39. The number of thiophene rings is 1. The van der Waals surface area contributed by atoms with Gasteiger partial charge in [0, 0.05) is 28.9 Å². The van der Waals surface area contributed by atoms with Crippen molar-refractivity contribution >= 4 is 40.4 Å². The van der Waals surface area contributed by atoms with Crippen LogP contribution in [0.25, 0.3) is 0 Å². The topological polar surface area (TPSA) is 95.9 Å². The van der Waals surface area contributed by atoms with E-state index in [1.807, 2.05) is 31.7 Å². The van der Waals surface area contributed by atoms with E-state index in [1.165, 1.54) is 35.7 Å². The monoisotopic (exact) mass is 612 g/mol. The van der Waals surface area contributed by atoms with Crippen molar-refractivity contribution in [1.82, 2.24) is 14.3 Å². The molecule has 2 aromatic heterocycles. The van der Waals surface area contributed by atoms with Crippen LogP contribution in [0.1, 0.15) is 112 Å². The Kier molecular flexibility index (Phi) is 9.91. The fourth-order valence-electron chi connectivity index (χ4n) is 6.28. The number of carbonyl (C=O) groups is 2. The number of aromatic nitrogens is 2. The second-order valence-corrected chi connectivity index (χ2v) is 15.1. The molecule has 2 saturated carbocycles. The van der Waals surface area contributed by atoms with Crippen LogP contribution in [-0.2, 0) is 11.3 Å². The molecule has 0 atom stereocenters. The minimum atomic E-state index is -1.01. The van der Waals surface area contributed by atoms with Gasteiger partial charge in [-0.25, -0.2) is 4.79 Å². The molecule has 1 N–H and O–H groups in total. The van der Waals surface area contributed by atoms with Gasteiger partial charge in [0.25, 0.3) is 5.19 Å². The molecule has 2 aromatic rings. The fourth-order valence-corrected chi connectivity index (χ4v) is 7.73. The first-order valence-corrected chi connectivity index (χ1v) is 17.1. The Labute approximate surface area is 258 Å². The number of amides is 1. The summed E-state index contributed by atoms with van der Waals surface area (Å²) in [4.78, 5) is 36.3. The van der Waals surface area contributed by atoms with Crippen molar-refractivity contribution in [1.29, 1.82) is 0 Å². The predicted molar refractivity (Wildman–Crippen MR) is 167 cm³/mol. The average molecular weight is 613 g/mol. The van der Waals surface area contributed by atoms with E-state index < -0.39 is 5.97 Å². The molecule has 1 aliphatic heterocycles. The molecule has 1 amide bonds. The zero-order chi connectivity index (χ0) is 29.9. The molecule has 3 heterocycles. The van der Waals surface area contributed by atoms with E-state index in [1.54, 1.807) is 0 Å². The third kappa shape index (κ3) is 7.91. The highest BCUT2D eigenvalue weighted by atomic mass is 32.1. The zero-order valence-corrected chi connectivity index (χ0v) is 27.0. The van der Waals surface area contributed by atoms with E-state index in [-0.39, 0.29) is 34.3 Å². The van der Waals surface area contributed by atoms with Crippen LogP contribution < -0.4 is 9.64 Å². The van der Waals surface area contributed by atoms with Gasteiger partial charge in [0.05, 0.1) is 17.1 Å². The Morgan fingerprint density at radius 2 is 1.79 bits per heavy atom. The molecular formula is C32H44N4O4S2. The average Bonchev–Trinajstić information content (AvgIpc) is 3.71. The van der Waals surface area contributed by atoms with E-state index >= 15 is 0 Å². The van der Waals surface area contributed by atoms with E-state index in [4.69, 9.17) is 4.74 Å². The van der Waals surface area contributed by atoms with E-state index in [2.05, 4.69) is 33.0 Å². The van der Waals surface area contributed by atoms with Crippen molar-refractivity contribution in [3.63, 3.8) is 0 Å². The Morgan fingerprint density at radius 3 is 2.43 bits per heavy atom. The first-order valence-electron chi connectivity index (χ1n) is 15.5. The molecular weight excluding hydrogens is 569 g/mol. The third-order valence-corrected chi connectivity index (χ3v) is 10.3. The van der Waals surface area contributed by atoms with Crippen LogP contribution >= 0.6 is 22.9 Å². The number of carbonyl (C=O) groups excluding carboxylic acids is 1. The van der Waals surface area contributed by atoms with Crippen LogP contribution in [0.15, 0.2) is 6.07 Å². The van der Waals surface area contributed by atoms with Crippen molar-refractivity contribution in [2.24, 2.45) is 17.3 Å².